The van der Waals surface area contributed by atoms with Crippen LogP contribution in [0.5, 0.6) is 0 Å². The van der Waals surface area contributed by atoms with Gasteiger partial charge in [0.05, 0.1) is 21.5 Å². The van der Waals surface area contributed by atoms with E-state index in [0.29, 0.717) is 0 Å². The molecule has 4 aromatic carbocycles. The molecule has 0 atom stereocenters. The van der Waals surface area contributed by atoms with Gasteiger partial charge in [-0.05, 0) is 47.5 Å². The first kappa shape index (κ1) is 68.6. The smallest absolute Gasteiger partial charge is 0.188 e. The van der Waals surface area contributed by atoms with Gasteiger partial charge in [0.25, 0.3) is 22.1 Å². The molecule has 8 aromatic rings. The molecule has 0 fully saturated rings. The molecular formula is C68H108N4+4. The number of benzene rings is 4. The highest BCUT2D eigenvalue weighted by Crippen LogP contribution is 2.36. The Labute approximate surface area is 444 Å². The predicted octanol–water partition coefficient (Wildman–Crippen LogP) is 19.7. The highest BCUT2D eigenvalue weighted by Gasteiger charge is 2.36. The van der Waals surface area contributed by atoms with Crippen LogP contribution in [0.3, 0.4) is 0 Å². The summed E-state index contributed by atoms with van der Waals surface area (Å²) in [5, 5.41) is 5.13. The van der Waals surface area contributed by atoms with Crippen LogP contribution in [0.15, 0.2) is 146 Å². The molecule has 0 amide bonds. The molecule has 8 rings (SSSR count). The first-order chi connectivity index (χ1) is 34.4. The Balaban J connectivity index is 0. The molecule has 0 saturated carbocycles. The number of hydrogen-bond donors (Lipinski definition) is 0. The van der Waals surface area contributed by atoms with E-state index >= 15 is 0 Å². The Bertz CT molecular complexity index is 2510. The zero-order chi connectivity index (χ0) is 56.2. The van der Waals surface area contributed by atoms with Gasteiger partial charge in [-0.25, -0.2) is 0 Å². The van der Waals surface area contributed by atoms with Crippen molar-refractivity contribution in [1.82, 2.24) is 0 Å². The molecule has 0 aliphatic rings. The molecular weight excluding hydrogens is 873 g/mol. The third-order valence-corrected chi connectivity index (χ3v) is 10.8. The SMILES string of the molecule is CC.CC.CC.CC.CC.CC.CC.CC.CC(C)(C)[n+]1ccc(-c2ccccc2)c2ccc3c(-c4ccccc4)cc[n+](C(C)(C)C)c3c21.CC(C)(C)[n+]1cccc2ccc3ccc[n+](C(C)(C)C)c3c21. The normalized spacial score (nSPS) is 10.5. The van der Waals surface area contributed by atoms with Crippen LogP contribution in [-0.2, 0) is 22.2 Å². The Morgan fingerprint density at radius 3 is 0.736 bits per heavy atom. The highest BCUT2D eigenvalue weighted by molar-refractivity contribution is 6.09. The van der Waals surface area contributed by atoms with Gasteiger partial charge in [0, 0.05) is 118 Å². The molecule has 0 spiro atoms. The van der Waals surface area contributed by atoms with Crippen molar-refractivity contribution in [2.24, 2.45) is 0 Å². The lowest BCUT2D eigenvalue weighted by atomic mass is 9.93. The summed E-state index contributed by atoms with van der Waals surface area (Å²) in [7, 11) is 0. The van der Waals surface area contributed by atoms with Crippen LogP contribution in [0.2, 0.25) is 0 Å². The minimum absolute atomic E-state index is 0.0410. The largest absolute Gasteiger partial charge is 0.286 e. The monoisotopic (exact) mass is 981 g/mol. The summed E-state index contributed by atoms with van der Waals surface area (Å²) in [6.07, 6.45) is 8.93. The summed E-state index contributed by atoms with van der Waals surface area (Å²) in [4.78, 5) is 0. The summed E-state index contributed by atoms with van der Waals surface area (Å²) in [5.41, 5.74) is 10.1. The fourth-order valence-corrected chi connectivity index (χ4v) is 8.10. The van der Waals surface area contributed by atoms with Crippen LogP contribution >= 0.6 is 0 Å². The first-order valence-corrected chi connectivity index (χ1v) is 28.1. The van der Waals surface area contributed by atoms with E-state index in [0.717, 1.165) is 0 Å². The maximum atomic E-state index is 2.45. The van der Waals surface area contributed by atoms with Crippen LogP contribution in [0.1, 0.15) is 194 Å². The molecule has 0 bridgehead atoms. The van der Waals surface area contributed by atoms with E-state index in [2.05, 4.69) is 247 Å². The molecule has 0 unspecified atom stereocenters. The van der Waals surface area contributed by atoms with Gasteiger partial charge in [-0.3, -0.25) is 0 Å². The van der Waals surface area contributed by atoms with Gasteiger partial charge in [0.1, 0.15) is 0 Å². The summed E-state index contributed by atoms with van der Waals surface area (Å²) in [6.45, 7) is 59.3. The van der Waals surface area contributed by atoms with E-state index < -0.39 is 0 Å². The second-order valence-corrected chi connectivity index (χ2v) is 19.2. The zero-order valence-corrected chi connectivity index (χ0v) is 51.6. The van der Waals surface area contributed by atoms with Crippen molar-refractivity contribution in [3.63, 3.8) is 0 Å². The van der Waals surface area contributed by atoms with E-state index in [4.69, 9.17) is 0 Å². The lowest BCUT2D eigenvalue weighted by molar-refractivity contribution is -0.747. The van der Waals surface area contributed by atoms with Crippen molar-refractivity contribution in [3.8, 4) is 22.3 Å². The number of aromatic nitrogens is 4. The fraction of sp³-hybridized carbons (Fsp3) is 0.471. The van der Waals surface area contributed by atoms with Gasteiger partial charge >= 0.3 is 0 Å². The summed E-state index contributed by atoms with van der Waals surface area (Å²) >= 11 is 0. The van der Waals surface area contributed by atoms with Crippen LogP contribution in [0.4, 0.5) is 0 Å². The van der Waals surface area contributed by atoms with Crippen molar-refractivity contribution < 1.29 is 18.3 Å². The predicted molar refractivity (Wildman–Crippen MR) is 325 cm³/mol. The van der Waals surface area contributed by atoms with Crippen LogP contribution < -0.4 is 18.3 Å². The van der Waals surface area contributed by atoms with Crippen molar-refractivity contribution in [2.45, 2.75) is 216 Å². The number of hydrogen-bond acceptors (Lipinski definition) is 0. The molecule has 72 heavy (non-hydrogen) atoms. The quantitative estimate of drug-likeness (QED) is 0.121. The van der Waals surface area contributed by atoms with Crippen molar-refractivity contribution in [1.29, 1.82) is 0 Å². The van der Waals surface area contributed by atoms with E-state index in [-0.39, 0.29) is 22.2 Å². The van der Waals surface area contributed by atoms with Gasteiger partial charge in [-0.2, -0.15) is 18.3 Å². The molecule has 4 nitrogen and oxygen atoms in total. The maximum Gasteiger partial charge on any atom is 0.286 e. The zero-order valence-electron chi connectivity index (χ0n) is 51.6. The second-order valence-electron chi connectivity index (χ2n) is 19.2. The molecule has 4 aromatic heterocycles. The maximum absolute atomic E-state index is 2.45. The average Bonchev–Trinajstić information content (AvgIpc) is 3.41. The summed E-state index contributed by atoms with van der Waals surface area (Å²) < 4.78 is 9.70. The molecule has 0 N–H and O–H groups in total. The summed E-state index contributed by atoms with van der Waals surface area (Å²) in [5.74, 6) is 0. The van der Waals surface area contributed by atoms with Crippen molar-refractivity contribution in [2.75, 3.05) is 0 Å². The number of pyridine rings is 4. The molecule has 4 heteroatoms. The van der Waals surface area contributed by atoms with Crippen LogP contribution in [0.25, 0.3) is 65.9 Å². The van der Waals surface area contributed by atoms with E-state index in [9.17, 15) is 0 Å². The number of nitrogens with zero attached hydrogens (tertiary/aromatic N) is 4. The second kappa shape index (κ2) is 33.3. The molecule has 0 radical (unpaired) electrons. The van der Waals surface area contributed by atoms with Gasteiger partial charge < -0.3 is 0 Å². The van der Waals surface area contributed by atoms with Crippen molar-refractivity contribution >= 4 is 43.6 Å². The van der Waals surface area contributed by atoms with Gasteiger partial charge in [-0.15, -0.1) is 0 Å². The Kier molecular flexibility index (Phi) is 31.7. The Morgan fingerprint density at radius 1 is 0.236 bits per heavy atom. The Morgan fingerprint density at radius 2 is 0.486 bits per heavy atom. The van der Waals surface area contributed by atoms with Gasteiger partial charge in [0.2, 0.25) is 0 Å². The molecule has 396 valence electrons. The molecule has 0 aliphatic carbocycles. The van der Waals surface area contributed by atoms with Crippen LogP contribution in [-0.4, -0.2) is 0 Å². The fourth-order valence-electron chi connectivity index (χ4n) is 8.10. The minimum Gasteiger partial charge on any atom is -0.188 e. The number of rotatable bonds is 2. The van der Waals surface area contributed by atoms with Gasteiger partial charge in [-0.1, -0.05) is 171 Å². The minimum atomic E-state index is -0.0692. The van der Waals surface area contributed by atoms with E-state index in [1.165, 1.54) is 65.9 Å². The summed E-state index contributed by atoms with van der Waals surface area (Å²) in [6, 6.07) is 43.8. The van der Waals surface area contributed by atoms with Crippen molar-refractivity contribution in [3.05, 3.63) is 146 Å². The average molecular weight is 982 g/mol. The standard InChI is InChI=1S/C32H34N2.C20H26N2.8C2H6/c1-31(2,3)33-21-19-25(23-13-9-7-10-14-23)27-17-18-28-26(24-15-11-8-12-16-24)20-22-34(32(4,5)6)30(28)29(27)33;1-19(2,3)21-13-7-9-15-11-12-16-10-8-14-22(20(4,5)6)18(16)17(15)21;8*1-2/h7-22H,1-6H3;7-14H,1-6H3;8*1-2H3/q2*+2;;;;;;;;. The third-order valence-electron chi connectivity index (χ3n) is 10.8. The Hall–Kier alpha value is -5.48. The molecule has 0 aliphatic heterocycles. The molecule has 4 heterocycles. The topological polar surface area (TPSA) is 15.5 Å². The first-order valence-electron chi connectivity index (χ1n) is 28.1. The van der Waals surface area contributed by atoms with Crippen LogP contribution in [0, 0.1) is 0 Å². The lowest BCUT2D eigenvalue weighted by Crippen LogP contribution is -2.54. The lowest BCUT2D eigenvalue weighted by Gasteiger charge is -2.20. The highest BCUT2D eigenvalue weighted by atomic mass is 15.1. The third kappa shape index (κ3) is 17.3. The number of fused-ring (bicyclic) bond motifs is 6. The van der Waals surface area contributed by atoms with Gasteiger partial charge in [0.15, 0.2) is 46.9 Å². The van der Waals surface area contributed by atoms with E-state index in [1.54, 1.807) is 0 Å². The molecule has 0 saturated heterocycles. The van der Waals surface area contributed by atoms with E-state index in [1.807, 2.05) is 111 Å².